The standard InChI is InChI=1S/C21H19N3O/c1-14-4-9-20-18(10-14)11-19(15(2)23-20)21(25)24(3)13-17-7-5-16(12-22)6-8-17/h4-11H,13H2,1-3H3. The molecule has 1 aromatic heterocycles. The summed E-state index contributed by atoms with van der Waals surface area (Å²) in [4.78, 5) is 19.1. The molecule has 0 bridgehead atoms. The molecule has 0 atom stereocenters. The van der Waals surface area contributed by atoms with Crippen LogP contribution in [0, 0.1) is 25.2 Å². The monoisotopic (exact) mass is 329 g/mol. The predicted octanol–water partition coefficient (Wildman–Crippen LogP) is 4.00. The number of fused-ring (bicyclic) bond motifs is 1. The average Bonchev–Trinajstić information content (AvgIpc) is 2.61. The van der Waals surface area contributed by atoms with E-state index in [9.17, 15) is 4.79 Å². The number of pyridine rings is 1. The minimum absolute atomic E-state index is 0.0576. The summed E-state index contributed by atoms with van der Waals surface area (Å²) in [7, 11) is 1.78. The third-order valence-electron chi connectivity index (χ3n) is 4.24. The van der Waals surface area contributed by atoms with Crippen LogP contribution >= 0.6 is 0 Å². The zero-order valence-corrected chi connectivity index (χ0v) is 14.6. The first kappa shape index (κ1) is 16.7. The molecule has 1 heterocycles. The number of hydrogen-bond donors (Lipinski definition) is 0. The van der Waals surface area contributed by atoms with Crippen molar-refractivity contribution in [1.82, 2.24) is 9.88 Å². The van der Waals surface area contributed by atoms with Gasteiger partial charge < -0.3 is 4.90 Å². The van der Waals surface area contributed by atoms with E-state index in [4.69, 9.17) is 5.26 Å². The number of benzene rings is 2. The van der Waals surface area contributed by atoms with Crippen LogP contribution in [0.4, 0.5) is 0 Å². The molecular formula is C21H19N3O. The third kappa shape index (κ3) is 3.51. The first-order chi connectivity index (χ1) is 12.0. The number of aryl methyl sites for hydroxylation is 2. The number of nitriles is 1. The molecule has 0 N–H and O–H groups in total. The summed E-state index contributed by atoms with van der Waals surface area (Å²) >= 11 is 0. The lowest BCUT2D eigenvalue weighted by molar-refractivity contribution is 0.0784. The first-order valence-electron chi connectivity index (χ1n) is 8.10. The van der Waals surface area contributed by atoms with E-state index in [0.29, 0.717) is 17.7 Å². The molecule has 0 saturated carbocycles. The highest BCUT2D eigenvalue weighted by molar-refractivity contribution is 5.98. The zero-order chi connectivity index (χ0) is 18.0. The molecule has 4 nitrogen and oxygen atoms in total. The number of rotatable bonds is 3. The molecule has 0 aliphatic carbocycles. The molecule has 2 aromatic carbocycles. The Hall–Kier alpha value is -3.19. The van der Waals surface area contributed by atoms with E-state index in [1.807, 2.05) is 50.2 Å². The number of hydrogen-bond acceptors (Lipinski definition) is 3. The van der Waals surface area contributed by atoms with Gasteiger partial charge >= 0.3 is 0 Å². The van der Waals surface area contributed by atoms with Crippen molar-refractivity contribution < 1.29 is 4.79 Å². The van der Waals surface area contributed by atoms with Gasteiger partial charge in [-0.3, -0.25) is 9.78 Å². The van der Waals surface area contributed by atoms with Crippen molar-refractivity contribution in [2.45, 2.75) is 20.4 Å². The lowest BCUT2D eigenvalue weighted by atomic mass is 10.1. The highest BCUT2D eigenvalue weighted by atomic mass is 16.2. The molecule has 0 aliphatic rings. The van der Waals surface area contributed by atoms with Crippen LogP contribution in [0.1, 0.15) is 32.7 Å². The quantitative estimate of drug-likeness (QED) is 0.730. The maximum absolute atomic E-state index is 12.9. The second kappa shape index (κ2) is 6.74. The number of carbonyl (C=O) groups is 1. The molecule has 0 unspecified atom stereocenters. The van der Waals surface area contributed by atoms with Gasteiger partial charge in [0.25, 0.3) is 5.91 Å². The van der Waals surface area contributed by atoms with Gasteiger partial charge in [-0.15, -0.1) is 0 Å². The van der Waals surface area contributed by atoms with Crippen molar-refractivity contribution in [2.75, 3.05) is 7.05 Å². The topological polar surface area (TPSA) is 57.0 Å². The van der Waals surface area contributed by atoms with Gasteiger partial charge in [-0.2, -0.15) is 5.26 Å². The molecule has 0 saturated heterocycles. The number of nitrogens with zero attached hydrogens (tertiary/aromatic N) is 3. The first-order valence-corrected chi connectivity index (χ1v) is 8.10. The maximum atomic E-state index is 12.9. The van der Waals surface area contributed by atoms with E-state index >= 15 is 0 Å². The van der Waals surface area contributed by atoms with Crippen molar-refractivity contribution in [2.24, 2.45) is 0 Å². The number of carbonyl (C=O) groups excluding carboxylic acids is 1. The lowest BCUT2D eigenvalue weighted by Gasteiger charge is -2.19. The van der Waals surface area contributed by atoms with Gasteiger partial charge in [0.1, 0.15) is 0 Å². The summed E-state index contributed by atoms with van der Waals surface area (Å²) < 4.78 is 0. The summed E-state index contributed by atoms with van der Waals surface area (Å²) in [6.07, 6.45) is 0. The second-order valence-electron chi connectivity index (χ2n) is 6.29. The summed E-state index contributed by atoms with van der Waals surface area (Å²) in [6, 6.07) is 17.3. The fourth-order valence-corrected chi connectivity index (χ4v) is 2.84. The van der Waals surface area contributed by atoms with Gasteiger partial charge in [-0.05, 0) is 49.7 Å². The molecular weight excluding hydrogens is 310 g/mol. The fraction of sp³-hybridized carbons (Fsp3) is 0.190. The Morgan fingerprint density at radius 1 is 1.12 bits per heavy atom. The molecule has 0 spiro atoms. The summed E-state index contributed by atoms with van der Waals surface area (Å²) in [5.41, 5.74) is 4.99. The Kier molecular flexibility index (Phi) is 4.49. The van der Waals surface area contributed by atoms with E-state index in [1.165, 1.54) is 0 Å². The Bertz CT molecular complexity index is 984. The van der Waals surface area contributed by atoms with Crippen LogP contribution in [0.3, 0.4) is 0 Å². The second-order valence-corrected chi connectivity index (χ2v) is 6.29. The Morgan fingerprint density at radius 2 is 1.84 bits per heavy atom. The van der Waals surface area contributed by atoms with Crippen LogP contribution in [-0.4, -0.2) is 22.8 Å². The van der Waals surface area contributed by atoms with Crippen LogP contribution in [0.2, 0.25) is 0 Å². The summed E-state index contributed by atoms with van der Waals surface area (Å²) in [5.74, 6) is -0.0576. The smallest absolute Gasteiger partial charge is 0.255 e. The molecule has 4 heteroatoms. The van der Waals surface area contributed by atoms with Gasteiger partial charge in [-0.1, -0.05) is 23.8 Å². The molecule has 0 fully saturated rings. The summed E-state index contributed by atoms with van der Waals surface area (Å²) in [6.45, 7) is 4.37. The average molecular weight is 329 g/mol. The van der Waals surface area contributed by atoms with Crippen molar-refractivity contribution in [3.8, 4) is 6.07 Å². The van der Waals surface area contributed by atoms with Crippen molar-refractivity contribution in [3.63, 3.8) is 0 Å². The minimum Gasteiger partial charge on any atom is -0.337 e. The number of aromatic nitrogens is 1. The molecule has 25 heavy (non-hydrogen) atoms. The van der Waals surface area contributed by atoms with Crippen molar-refractivity contribution in [1.29, 1.82) is 5.26 Å². The predicted molar refractivity (Wildman–Crippen MR) is 98.2 cm³/mol. The van der Waals surface area contributed by atoms with E-state index in [1.54, 1.807) is 24.1 Å². The normalized spacial score (nSPS) is 10.5. The van der Waals surface area contributed by atoms with Gasteiger partial charge in [0.2, 0.25) is 0 Å². The van der Waals surface area contributed by atoms with E-state index < -0.39 is 0 Å². The van der Waals surface area contributed by atoms with Gasteiger partial charge in [0, 0.05) is 19.0 Å². The summed E-state index contributed by atoms with van der Waals surface area (Å²) in [5, 5.41) is 9.84. The van der Waals surface area contributed by atoms with Crippen LogP contribution < -0.4 is 0 Å². The molecule has 3 aromatic rings. The van der Waals surface area contributed by atoms with Gasteiger partial charge in [-0.25, -0.2) is 0 Å². The third-order valence-corrected chi connectivity index (χ3v) is 4.24. The molecule has 124 valence electrons. The van der Waals surface area contributed by atoms with Crippen LogP contribution in [-0.2, 0) is 6.54 Å². The van der Waals surface area contributed by atoms with Gasteiger partial charge in [0.15, 0.2) is 0 Å². The van der Waals surface area contributed by atoms with Crippen LogP contribution in [0.15, 0.2) is 48.5 Å². The Labute approximate surface area is 147 Å². The molecule has 1 amide bonds. The zero-order valence-electron chi connectivity index (χ0n) is 14.6. The van der Waals surface area contributed by atoms with Crippen molar-refractivity contribution >= 4 is 16.8 Å². The van der Waals surface area contributed by atoms with Crippen molar-refractivity contribution in [3.05, 3.63) is 76.5 Å². The lowest BCUT2D eigenvalue weighted by Crippen LogP contribution is -2.27. The Morgan fingerprint density at radius 3 is 2.52 bits per heavy atom. The van der Waals surface area contributed by atoms with E-state index in [-0.39, 0.29) is 5.91 Å². The Balaban J connectivity index is 1.87. The SMILES string of the molecule is Cc1ccc2nc(C)c(C(=O)N(C)Cc3ccc(C#N)cc3)cc2c1. The maximum Gasteiger partial charge on any atom is 0.255 e. The number of amides is 1. The van der Waals surface area contributed by atoms with E-state index in [2.05, 4.69) is 11.1 Å². The van der Waals surface area contributed by atoms with Crippen LogP contribution in [0.25, 0.3) is 10.9 Å². The molecule has 0 radical (unpaired) electrons. The van der Waals surface area contributed by atoms with E-state index in [0.717, 1.165) is 27.7 Å². The molecule has 3 rings (SSSR count). The minimum atomic E-state index is -0.0576. The highest BCUT2D eigenvalue weighted by Crippen LogP contribution is 2.20. The van der Waals surface area contributed by atoms with Crippen LogP contribution in [0.5, 0.6) is 0 Å². The molecule has 0 aliphatic heterocycles. The van der Waals surface area contributed by atoms with Gasteiger partial charge in [0.05, 0.1) is 28.4 Å². The highest BCUT2D eigenvalue weighted by Gasteiger charge is 2.16. The largest absolute Gasteiger partial charge is 0.337 e. The fourth-order valence-electron chi connectivity index (χ4n) is 2.84.